The fraction of sp³-hybridized carbons (Fsp3) is 0.467. The van der Waals surface area contributed by atoms with Gasteiger partial charge in [-0.25, -0.2) is 17.9 Å². The molecule has 0 atom stereocenters. The summed E-state index contributed by atoms with van der Waals surface area (Å²) < 4.78 is 36.1. The third-order valence-electron chi connectivity index (χ3n) is 3.74. The number of nitrogens with zero attached hydrogens (tertiary/aromatic N) is 1. The summed E-state index contributed by atoms with van der Waals surface area (Å²) in [6, 6.07) is 3.91. The average Bonchev–Trinajstić information content (AvgIpc) is 3.13. The predicted octanol–water partition coefficient (Wildman–Crippen LogP) is 0.382. The monoisotopic (exact) mass is 356 g/mol. The van der Waals surface area contributed by atoms with E-state index in [4.69, 9.17) is 9.47 Å². The second-order valence-electron chi connectivity index (χ2n) is 5.24. The van der Waals surface area contributed by atoms with E-state index < -0.39 is 16.0 Å². The molecule has 132 valence electrons. The van der Waals surface area contributed by atoms with Crippen molar-refractivity contribution in [2.24, 2.45) is 0 Å². The maximum atomic E-state index is 12.1. The first-order chi connectivity index (χ1) is 11.4. The SMILES string of the molecule is CNS(=O)(=O)c1cc(C(=O)OCC(=O)N2CCCC2)ccc1OC. The summed E-state index contributed by atoms with van der Waals surface area (Å²) in [6.07, 6.45) is 1.90. The zero-order valence-corrected chi connectivity index (χ0v) is 14.4. The molecule has 1 saturated heterocycles. The highest BCUT2D eigenvalue weighted by molar-refractivity contribution is 7.89. The number of rotatable bonds is 6. The van der Waals surface area contributed by atoms with Gasteiger partial charge in [0.1, 0.15) is 10.6 Å². The number of hydrogen-bond acceptors (Lipinski definition) is 6. The van der Waals surface area contributed by atoms with Crippen molar-refractivity contribution in [1.29, 1.82) is 0 Å². The number of ether oxygens (including phenoxy) is 2. The van der Waals surface area contributed by atoms with Crippen molar-refractivity contribution in [3.8, 4) is 5.75 Å². The summed E-state index contributed by atoms with van der Waals surface area (Å²) in [4.78, 5) is 25.4. The Balaban J connectivity index is 2.12. The lowest BCUT2D eigenvalue weighted by molar-refractivity contribution is -0.133. The first-order valence-electron chi connectivity index (χ1n) is 7.45. The van der Waals surface area contributed by atoms with Gasteiger partial charge >= 0.3 is 5.97 Å². The van der Waals surface area contributed by atoms with Crippen LogP contribution < -0.4 is 9.46 Å². The highest BCUT2D eigenvalue weighted by Gasteiger charge is 2.22. The van der Waals surface area contributed by atoms with E-state index in [-0.39, 0.29) is 28.7 Å². The van der Waals surface area contributed by atoms with Crippen LogP contribution in [0.1, 0.15) is 23.2 Å². The van der Waals surface area contributed by atoms with E-state index in [0.29, 0.717) is 13.1 Å². The van der Waals surface area contributed by atoms with Crippen LogP contribution in [0.3, 0.4) is 0 Å². The zero-order chi connectivity index (χ0) is 17.7. The third kappa shape index (κ3) is 4.04. The smallest absolute Gasteiger partial charge is 0.338 e. The van der Waals surface area contributed by atoms with Crippen LogP contribution in [0.15, 0.2) is 23.1 Å². The Morgan fingerprint density at radius 3 is 2.50 bits per heavy atom. The van der Waals surface area contributed by atoms with Crippen molar-refractivity contribution < 1.29 is 27.5 Å². The molecular formula is C15H20N2O6S. The van der Waals surface area contributed by atoms with Crippen molar-refractivity contribution in [3.63, 3.8) is 0 Å². The number of esters is 1. The van der Waals surface area contributed by atoms with Crippen LogP contribution in [0.25, 0.3) is 0 Å². The first-order valence-corrected chi connectivity index (χ1v) is 8.94. The van der Waals surface area contributed by atoms with E-state index in [9.17, 15) is 18.0 Å². The summed E-state index contributed by atoms with van der Waals surface area (Å²) in [7, 11) is -1.21. The molecule has 1 aromatic rings. The van der Waals surface area contributed by atoms with Gasteiger partial charge in [-0.15, -0.1) is 0 Å². The van der Waals surface area contributed by atoms with Crippen molar-refractivity contribution >= 4 is 21.9 Å². The first kappa shape index (κ1) is 18.2. The molecule has 1 aliphatic rings. The van der Waals surface area contributed by atoms with E-state index >= 15 is 0 Å². The Kier molecular flexibility index (Phi) is 5.79. The fourth-order valence-corrected chi connectivity index (χ4v) is 3.31. The van der Waals surface area contributed by atoms with Crippen LogP contribution in [0, 0.1) is 0 Å². The molecule has 24 heavy (non-hydrogen) atoms. The minimum Gasteiger partial charge on any atom is -0.495 e. The molecule has 0 radical (unpaired) electrons. The molecule has 1 N–H and O–H groups in total. The number of hydrogen-bond donors (Lipinski definition) is 1. The Bertz CT molecular complexity index is 725. The standard InChI is InChI=1S/C15H20N2O6S/c1-16-24(20,21)13-9-11(5-6-12(13)22-2)15(19)23-10-14(18)17-7-3-4-8-17/h5-6,9,16H,3-4,7-8,10H2,1-2H3. The van der Waals surface area contributed by atoms with Gasteiger partial charge in [-0.05, 0) is 38.1 Å². The number of methoxy groups -OCH3 is 1. The Labute approximate surface area is 140 Å². The molecule has 0 aliphatic carbocycles. The maximum Gasteiger partial charge on any atom is 0.338 e. The van der Waals surface area contributed by atoms with Crippen molar-refractivity contribution in [2.75, 3.05) is 33.9 Å². The van der Waals surface area contributed by atoms with Crippen molar-refractivity contribution in [1.82, 2.24) is 9.62 Å². The second kappa shape index (κ2) is 7.63. The molecule has 1 heterocycles. The predicted molar refractivity (Wildman–Crippen MR) is 85.3 cm³/mol. The second-order valence-corrected chi connectivity index (χ2v) is 7.09. The van der Waals surface area contributed by atoms with Crippen molar-refractivity contribution in [3.05, 3.63) is 23.8 Å². The van der Waals surface area contributed by atoms with Gasteiger partial charge < -0.3 is 14.4 Å². The number of carbonyl (C=O) groups excluding carboxylic acids is 2. The van der Waals surface area contributed by atoms with E-state index in [0.717, 1.165) is 18.9 Å². The maximum absolute atomic E-state index is 12.1. The van der Waals surface area contributed by atoms with Gasteiger partial charge in [0.2, 0.25) is 10.0 Å². The molecule has 0 bridgehead atoms. The van der Waals surface area contributed by atoms with E-state index in [2.05, 4.69) is 4.72 Å². The minimum atomic E-state index is -3.80. The molecule has 0 spiro atoms. The molecule has 8 nitrogen and oxygen atoms in total. The van der Waals surface area contributed by atoms with Gasteiger partial charge in [-0.3, -0.25) is 4.79 Å². The summed E-state index contributed by atoms with van der Waals surface area (Å²) in [6.45, 7) is 0.978. The van der Waals surface area contributed by atoms with Gasteiger partial charge in [0, 0.05) is 13.1 Å². The number of nitrogens with one attached hydrogen (secondary N) is 1. The van der Waals surface area contributed by atoms with Crippen LogP contribution in [0.5, 0.6) is 5.75 Å². The number of likely N-dealkylation sites (tertiary alicyclic amines) is 1. The summed E-state index contributed by atoms with van der Waals surface area (Å²) in [5.41, 5.74) is 0.0267. The number of carbonyl (C=O) groups is 2. The van der Waals surface area contributed by atoms with Crippen LogP contribution in [0.4, 0.5) is 0 Å². The fourth-order valence-electron chi connectivity index (χ4n) is 2.39. The highest BCUT2D eigenvalue weighted by atomic mass is 32.2. The third-order valence-corrected chi connectivity index (χ3v) is 5.18. The van der Waals surface area contributed by atoms with Crippen LogP contribution in [0.2, 0.25) is 0 Å². The average molecular weight is 356 g/mol. The lowest BCUT2D eigenvalue weighted by Crippen LogP contribution is -2.32. The largest absolute Gasteiger partial charge is 0.495 e. The topological polar surface area (TPSA) is 102 Å². The Hall–Kier alpha value is -2.13. The highest BCUT2D eigenvalue weighted by Crippen LogP contribution is 2.25. The van der Waals surface area contributed by atoms with Gasteiger partial charge in [-0.2, -0.15) is 0 Å². The molecule has 9 heteroatoms. The number of amides is 1. The lowest BCUT2D eigenvalue weighted by Gasteiger charge is -2.15. The lowest BCUT2D eigenvalue weighted by atomic mass is 10.2. The zero-order valence-electron chi connectivity index (χ0n) is 13.6. The molecule has 0 aromatic heterocycles. The molecular weight excluding hydrogens is 336 g/mol. The van der Waals surface area contributed by atoms with Crippen LogP contribution >= 0.6 is 0 Å². The molecule has 1 aliphatic heterocycles. The van der Waals surface area contributed by atoms with Crippen molar-refractivity contribution in [2.45, 2.75) is 17.7 Å². The van der Waals surface area contributed by atoms with Gasteiger partial charge in [0.15, 0.2) is 6.61 Å². The summed E-state index contributed by atoms with van der Waals surface area (Å²) in [5, 5.41) is 0. The molecule has 1 amide bonds. The van der Waals surface area contributed by atoms with Gasteiger partial charge in [-0.1, -0.05) is 0 Å². The summed E-state index contributed by atoms with van der Waals surface area (Å²) in [5.74, 6) is -0.913. The van der Waals surface area contributed by atoms with E-state index in [1.807, 2.05) is 0 Å². The molecule has 1 fully saturated rings. The minimum absolute atomic E-state index is 0.0267. The Morgan fingerprint density at radius 1 is 1.25 bits per heavy atom. The van der Waals surface area contributed by atoms with E-state index in [1.165, 1.54) is 26.3 Å². The number of benzene rings is 1. The van der Waals surface area contributed by atoms with Gasteiger partial charge in [0.25, 0.3) is 5.91 Å². The summed E-state index contributed by atoms with van der Waals surface area (Å²) >= 11 is 0. The number of sulfonamides is 1. The molecule has 1 aromatic carbocycles. The van der Waals surface area contributed by atoms with Crippen LogP contribution in [-0.4, -0.2) is 59.0 Å². The molecule has 0 saturated carbocycles. The van der Waals surface area contributed by atoms with Crippen LogP contribution in [-0.2, 0) is 19.6 Å². The van der Waals surface area contributed by atoms with E-state index in [1.54, 1.807) is 4.90 Å². The quantitative estimate of drug-likeness (QED) is 0.740. The normalized spacial score (nSPS) is 14.5. The molecule has 0 unspecified atom stereocenters. The molecule has 2 rings (SSSR count). The Morgan fingerprint density at radius 2 is 1.92 bits per heavy atom. The van der Waals surface area contributed by atoms with Gasteiger partial charge in [0.05, 0.1) is 12.7 Å².